The minimum absolute atomic E-state index is 0.0453. The van der Waals surface area contributed by atoms with E-state index >= 15 is 0 Å². The van der Waals surface area contributed by atoms with E-state index in [1.807, 2.05) is 49.4 Å². The van der Waals surface area contributed by atoms with E-state index in [4.69, 9.17) is 9.47 Å². The fraction of sp³-hybridized carbons (Fsp3) is 0.240. The number of carbonyl (C=O) groups excluding carboxylic acids is 1. The highest BCUT2D eigenvalue weighted by Crippen LogP contribution is 2.33. The van der Waals surface area contributed by atoms with Gasteiger partial charge in [-0.2, -0.15) is 0 Å². The maximum absolute atomic E-state index is 12.1. The van der Waals surface area contributed by atoms with Crippen molar-refractivity contribution in [3.8, 4) is 22.6 Å². The summed E-state index contributed by atoms with van der Waals surface area (Å²) < 4.78 is 34.8. The third-order valence-electron chi connectivity index (χ3n) is 5.34. The number of rotatable bonds is 7. The molecule has 0 spiro atoms. The zero-order valence-electron chi connectivity index (χ0n) is 18.0. The van der Waals surface area contributed by atoms with Gasteiger partial charge >= 0.3 is 0 Å². The van der Waals surface area contributed by atoms with Crippen LogP contribution in [0.1, 0.15) is 11.1 Å². The second kappa shape index (κ2) is 9.04. The Balaban J connectivity index is 1.31. The molecule has 3 aromatic carbocycles. The van der Waals surface area contributed by atoms with Gasteiger partial charge in [0.15, 0.2) is 16.4 Å². The Hall–Kier alpha value is -3.32. The lowest BCUT2D eigenvalue weighted by molar-refractivity contribution is -0.123. The molecule has 0 bridgehead atoms. The number of sulfone groups is 1. The van der Waals surface area contributed by atoms with Crippen LogP contribution in [0.15, 0.2) is 71.6 Å². The predicted molar refractivity (Wildman–Crippen MR) is 123 cm³/mol. The number of ether oxygens (including phenoxy) is 2. The van der Waals surface area contributed by atoms with Gasteiger partial charge in [-0.15, -0.1) is 0 Å². The van der Waals surface area contributed by atoms with Crippen molar-refractivity contribution in [3.63, 3.8) is 0 Å². The van der Waals surface area contributed by atoms with Crippen LogP contribution in [0.5, 0.6) is 11.5 Å². The Bertz CT molecular complexity index is 1220. The molecule has 32 heavy (non-hydrogen) atoms. The lowest BCUT2D eigenvalue weighted by Crippen LogP contribution is -2.37. The van der Waals surface area contributed by atoms with E-state index < -0.39 is 9.84 Å². The maximum atomic E-state index is 12.1. The molecule has 1 N–H and O–H groups in total. The van der Waals surface area contributed by atoms with E-state index in [0.29, 0.717) is 23.6 Å². The lowest BCUT2D eigenvalue weighted by Gasteiger charge is -2.12. The smallest absolute Gasteiger partial charge is 0.258 e. The first-order chi connectivity index (χ1) is 15.3. The number of nitrogens with one attached hydrogen (secondary N) is 1. The standard InChI is InChI=1S/C25H25NO5S/c1-17-3-8-21(9-4-17)30-16-25(27)26-15-22-14-20-13-19(7-12-24(20)31-22)18-5-10-23(11-6-18)32(2,28)29/h3-13,22H,14-16H2,1-2H3,(H,26,27)/t22-/m0/s1. The Kier molecular flexibility index (Phi) is 6.19. The van der Waals surface area contributed by atoms with E-state index in [2.05, 4.69) is 5.32 Å². The summed E-state index contributed by atoms with van der Waals surface area (Å²) in [6.07, 6.45) is 1.74. The molecule has 166 valence electrons. The van der Waals surface area contributed by atoms with E-state index in [1.165, 1.54) is 6.26 Å². The molecule has 1 amide bonds. The van der Waals surface area contributed by atoms with E-state index in [1.54, 1.807) is 24.3 Å². The van der Waals surface area contributed by atoms with Crippen LogP contribution in [0.2, 0.25) is 0 Å². The molecule has 0 aromatic heterocycles. The first kappa shape index (κ1) is 21.9. The van der Waals surface area contributed by atoms with Gasteiger partial charge in [-0.25, -0.2) is 8.42 Å². The summed E-state index contributed by atoms with van der Waals surface area (Å²) in [5, 5.41) is 2.86. The van der Waals surface area contributed by atoms with Crippen LogP contribution in [0, 0.1) is 6.92 Å². The Morgan fingerprint density at radius 2 is 1.72 bits per heavy atom. The van der Waals surface area contributed by atoms with Crippen molar-refractivity contribution in [2.24, 2.45) is 0 Å². The monoisotopic (exact) mass is 451 g/mol. The summed E-state index contributed by atoms with van der Waals surface area (Å²) in [7, 11) is -3.22. The van der Waals surface area contributed by atoms with E-state index in [9.17, 15) is 13.2 Å². The molecule has 0 saturated heterocycles. The van der Waals surface area contributed by atoms with Gasteiger partial charge in [0.1, 0.15) is 17.6 Å². The molecular weight excluding hydrogens is 426 g/mol. The van der Waals surface area contributed by atoms with E-state index in [0.717, 1.165) is 28.0 Å². The number of fused-ring (bicyclic) bond motifs is 1. The van der Waals surface area contributed by atoms with Crippen LogP contribution >= 0.6 is 0 Å². The molecule has 0 unspecified atom stereocenters. The molecule has 1 atom stereocenters. The fourth-order valence-electron chi connectivity index (χ4n) is 3.57. The summed E-state index contributed by atoms with van der Waals surface area (Å²) in [6.45, 7) is 2.34. The zero-order valence-corrected chi connectivity index (χ0v) is 18.8. The fourth-order valence-corrected chi connectivity index (χ4v) is 4.20. The average Bonchev–Trinajstić information content (AvgIpc) is 3.19. The first-order valence-electron chi connectivity index (χ1n) is 10.3. The average molecular weight is 452 g/mol. The molecule has 7 heteroatoms. The number of hydrogen-bond acceptors (Lipinski definition) is 5. The number of benzene rings is 3. The van der Waals surface area contributed by atoms with Crippen molar-refractivity contribution in [3.05, 3.63) is 77.9 Å². The predicted octanol–water partition coefficient (Wildman–Crippen LogP) is 3.56. The molecule has 0 aliphatic carbocycles. The SMILES string of the molecule is Cc1ccc(OCC(=O)NC[C@@H]2Cc3cc(-c4ccc(S(C)(=O)=O)cc4)ccc3O2)cc1. The minimum Gasteiger partial charge on any atom is -0.488 e. The normalized spacial score (nSPS) is 15.0. The maximum Gasteiger partial charge on any atom is 0.258 e. The molecule has 6 nitrogen and oxygen atoms in total. The van der Waals surface area contributed by atoms with Crippen molar-refractivity contribution in [2.45, 2.75) is 24.3 Å². The number of aryl methyl sites for hydroxylation is 1. The second-order valence-electron chi connectivity index (χ2n) is 7.97. The molecule has 0 radical (unpaired) electrons. The third-order valence-corrected chi connectivity index (χ3v) is 6.46. The van der Waals surface area contributed by atoms with Gasteiger partial charge in [-0.05, 0) is 60.0 Å². The number of amides is 1. The molecule has 0 fully saturated rings. The highest BCUT2D eigenvalue weighted by Gasteiger charge is 2.24. The highest BCUT2D eigenvalue weighted by atomic mass is 32.2. The van der Waals surface area contributed by atoms with Gasteiger partial charge in [0, 0.05) is 12.7 Å². The van der Waals surface area contributed by atoms with Gasteiger partial charge in [0.25, 0.3) is 5.91 Å². The van der Waals surface area contributed by atoms with Crippen LogP contribution in [0.4, 0.5) is 0 Å². The first-order valence-corrected chi connectivity index (χ1v) is 12.2. The highest BCUT2D eigenvalue weighted by molar-refractivity contribution is 7.90. The number of hydrogen-bond donors (Lipinski definition) is 1. The van der Waals surface area contributed by atoms with Gasteiger partial charge in [0.2, 0.25) is 0 Å². The summed E-state index contributed by atoms with van der Waals surface area (Å²) in [6, 6.07) is 20.3. The summed E-state index contributed by atoms with van der Waals surface area (Å²) in [5.41, 5.74) is 4.12. The lowest BCUT2D eigenvalue weighted by atomic mass is 10.0. The Morgan fingerprint density at radius 1 is 1.03 bits per heavy atom. The van der Waals surface area contributed by atoms with Crippen LogP contribution in [0.3, 0.4) is 0 Å². The van der Waals surface area contributed by atoms with Gasteiger partial charge in [-0.3, -0.25) is 4.79 Å². The van der Waals surface area contributed by atoms with Crippen LogP contribution in [-0.2, 0) is 21.1 Å². The van der Waals surface area contributed by atoms with Crippen LogP contribution in [0.25, 0.3) is 11.1 Å². The quantitative estimate of drug-likeness (QED) is 0.594. The van der Waals surface area contributed by atoms with Crippen LogP contribution < -0.4 is 14.8 Å². The molecule has 4 rings (SSSR count). The van der Waals surface area contributed by atoms with Crippen molar-refractivity contribution >= 4 is 15.7 Å². The molecule has 0 saturated carbocycles. The zero-order chi connectivity index (χ0) is 22.7. The molecular formula is C25H25NO5S. The summed E-state index contributed by atoms with van der Waals surface area (Å²) in [4.78, 5) is 12.4. The Morgan fingerprint density at radius 3 is 2.41 bits per heavy atom. The van der Waals surface area contributed by atoms with Crippen molar-refractivity contribution in [1.82, 2.24) is 5.32 Å². The third kappa shape index (κ3) is 5.29. The molecule has 3 aromatic rings. The van der Waals surface area contributed by atoms with Gasteiger partial charge in [0.05, 0.1) is 11.4 Å². The van der Waals surface area contributed by atoms with Crippen molar-refractivity contribution in [2.75, 3.05) is 19.4 Å². The Labute approximate surface area is 188 Å². The van der Waals surface area contributed by atoms with E-state index in [-0.39, 0.29) is 18.6 Å². The largest absolute Gasteiger partial charge is 0.488 e. The van der Waals surface area contributed by atoms with Crippen LogP contribution in [-0.4, -0.2) is 39.8 Å². The minimum atomic E-state index is -3.22. The van der Waals surface area contributed by atoms with Crippen molar-refractivity contribution in [1.29, 1.82) is 0 Å². The molecule has 1 aliphatic heterocycles. The molecule has 1 aliphatic rings. The molecule has 1 heterocycles. The topological polar surface area (TPSA) is 81.7 Å². The summed E-state index contributed by atoms with van der Waals surface area (Å²) in [5.74, 6) is 1.26. The summed E-state index contributed by atoms with van der Waals surface area (Å²) >= 11 is 0. The van der Waals surface area contributed by atoms with Gasteiger partial charge in [-0.1, -0.05) is 35.9 Å². The van der Waals surface area contributed by atoms with Gasteiger partial charge < -0.3 is 14.8 Å². The number of carbonyl (C=O) groups is 1. The second-order valence-corrected chi connectivity index (χ2v) is 9.98. The van der Waals surface area contributed by atoms with Crippen molar-refractivity contribution < 1.29 is 22.7 Å².